The van der Waals surface area contributed by atoms with Crippen molar-refractivity contribution in [3.05, 3.63) is 95.5 Å². The van der Waals surface area contributed by atoms with Gasteiger partial charge in [-0.2, -0.15) is 0 Å². The fourth-order valence-electron chi connectivity index (χ4n) is 2.92. The quantitative estimate of drug-likeness (QED) is 0.266. The molecule has 142 valence electrons. The van der Waals surface area contributed by atoms with Crippen LogP contribution in [0.25, 0.3) is 10.2 Å². The van der Waals surface area contributed by atoms with E-state index in [1.807, 2.05) is 12.1 Å². The van der Waals surface area contributed by atoms with Gasteiger partial charge in [-0.3, -0.25) is 0 Å². The summed E-state index contributed by atoms with van der Waals surface area (Å²) in [7, 11) is 0. The molecule has 0 unspecified atom stereocenters. The van der Waals surface area contributed by atoms with E-state index in [1.54, 1.807) is 46.2 Å². The highest BCUT2D eigenvalue weighted by molar-refractivity contribution is 8.01. The molecule has 29 heavy (non-hydrogen) atoms. The van der Waals surface area contributed by atoms with E-state index in [0.29, 0.717) is 0 Å². The molecule has 0 saturated heterocycles. The topological polar surface area (TPSA) is 25.8 Å². The standard InChI is InChI=1S/C23H16N2S4/c1-2-7-16(8-3-1)13-17-15-26-22(24-17)27-18-9-6-10-19(14-18)28-23-25-20-11-4-5-12-21(20)29-23/h1-12,14-15H,13H2. The van der Waals surface area contributed by atoms with Gasteiger partial charge in [0.05, 0.1) is 15.9 Å². The molecule has 0 N–H and O–H groups in total. The summed E-state index contributed by atoms with van der Waals surface area (Å²) in [6.07, 6.45) is 0.880. The number of fused-ring (bicyclic) bond motifs is 1. The Morgan fingerprint density at radius 1 is 0.724 bits per heavy atom. The van der Waals surface area contributed by atoms with Crippen LogP contribution in [0.5, 0.6) is 0 Å². The van der Waals surface area contributed by atoms with Crippen LogP contribution in [0.2, 0.25) is 0 Å². The lowest BCUT2D eigenvalue weighted by Crippen LogP contribution is -1.87. The summed E-state index contributed by atoms with van der Waals surface area (Å²) >= 11 is 6.90. The molecular weight excluding hydrogens is 433 g/mol. The van der Waals surface area contributed by atoms with Crippen LogP contribution in [0.3, 0.4) is 0 Å². The third kappa shape index (κ3) is 4.73. The van der Waals surface area contributed by atoms with Gasteiger partial charge in [0.2, 0.25) is 0 Å². The molecule has 0 aliphatic rings. The van der Waals surface area contributed by atoms with E-state index in [0.717, 1.165) is 26.3 Å². The van der Waals surface area contributed by atoms with E-state index >= 15 is 0 Å². The highest BCUT2D eigenvalue weighted by atomic mass is 32.2. The van der Waals surface area contributed by atoms with Gasteiger partial charge in [0.25, 0.3) is 0 Å². The van der Waals surface area contributed by atoms with Crippen molar-refractivity contribution >= 4 is 56.4 Å². The second-order valence-electron chi connectivity index (χ2n) is 6.39. The van der Waals surface area contributed by atoms with Gasteiger partial charge in [-0.1, -0.05) is 72.1 Å². The van der Waals surface area contributed by atoms with Gasteiger partial charge in [0.15, 0.2) is 8.68 Å². The van der Waals surface area contributed by atoms with Crippen molar-refractivity contribution in [1.29, 1.82) is 0 Å². The number of thiazole rings is 2. The number of aromatic nitrogens is 2. The molecule has 0 atom stereocenters. The minimum absolute atomic E-state index is 0.880. The number of benzene rings is 3. The number of hydrogen-bond donors (Lipinski definition) is 0. The molecule has 2 nitrogen and oxygen atoms in total. The Bertz CT molecular complexity index is 1210. The predicted octanol–water partition coefficient (Wildman–Crippen LogP) is 7.65. The first-order chi connectivity index (χ1) is 14.3. The maximum Gasteiger partial charge on any atom is 0.155 e. The summed E-state index contributed by atoms with van der Waals surface area (Å²) in [6.45, 7) is 0. The van der Waals surface area contributed by atoms with E-state index in [-0.39, 0.29) is 0 Å². The Morgan fingerprint density at radius 2 is 1.48 bits per heavy atom. The molecule has 0 fully saturated rings. The zero-order valence-electron chi connectivity index (χ0n) is 15.3. The second-order valence-corrected chi connectivity index (χ2v) is 10.9. The average Bonchev–Trinajstić information content (AvgIpc) is 3.35. The third-order valence-corrected chi connectivity index (χ3v) is 8.31. The first kappa shape index (κ1) is 18.9. The smallest absolute Gasteiger partial charge is 0.155 e. The Morgan fingerprint density at radius 3 is 2.31 bits per heavy atom. The fourth-order valence-corrected chi connectivity index (χ4v) is 6.96. The molecule has 0 saturated carbocycles. The largest absolute Gasteiger partial charge is 0.234 e. The van der Waals surface area contributed by atoms with E-state index in [2.05, 4.69) is 72.1 Å². The molecule has 2 heterocycles. The van der Waals surface area contributed by atoms with Crippen LogP contribution in [-0.4, -0.2) is 9.97 Å². The normalized spacial score (nSPS) is 11.2. The zero-order chi connectivity index (χ0) is 19.5. The number of nitrogens with zero attached hydrogens (tertiary/aromatic N) is 2. The summed E-state index contributed by atoms with van der Waals surface area (Å²) in [6, 6.07) is 27.4. The van der Waals surface area contributed by atoms with Crippen molar-refractivity contribution in [2.24, 2.45) is 0 Å². The third-order valence-electron chi connectivity index (χ3n) is 4.25. The van der Waals surface area contributed by atoms with Crippen LogP contribution < -0.4 is 0 Å². The van der Waals surface area contributed by atoms with Crippen molar-refractivity contribution < 1.29 is 0 Å². The van der Waals surface area contributed by atoms with Crippen LogP contribution in [0.4, 0.5) is 0 Å². The van der Waals surface area contributed by atoms with E-state index in [4.69, 9.17) is 9.97 Å². The molecule has 0 bridgehead atoms. The minimum atomic E-state index is 0.880. The van der Waals surface area contributed by atoms with Crippen molar-refractivity contribution in [1.82, 2.24) is 9.97 Å². The molecule has 0 aliphatic carbocycles. The van der Waals surface area contributed by atoms with Gasteiger partial charge >= 0.3 is 0 Å². The highest BCUT2D eigenvalue weighted by Gasteiger charge is 2.08. The van der Waals surface area contributed by atoms with Gasteiger partial charge in [0, 0.05) is 21.6 Å². The Labute approximate surface area is 186 Å². The van der Waals surface area contributed by atoms with Gasteiger partial charge in [-0.15, -0.1) is 22.7 Å². The van der Waals surface area contributed by atoms with Gasteiger partial charge < -0.3 is 0 Å². The first-order valence-electron chi connectivity index (χ1n) is 9.11. The van der Waals surface area contributed by atoms with Crippen LogP contribution in [0, 0.1) is 0 Å². The summed E-state index contributed by atoms with van der Waals surface area (Å²) in [5, 5.41) is 2.16. The molecule has 0 aliphatic heterocycles. The van der Waals surface area contributed by atoms with Crippen molar-refractivity contribution in [3.63, 3.8) is 0 Å². The molecule has 2 aromatic heterocycles. The van der Waals surface area contributed by atoms with Gasteiger partial charge in [-0.05, 0) is 35.9 Å². The Hall–Kier alpha value is -2.12. The first-order valence-corrected chi connectivity index (χ1v) is 12.4. The summed E-state index contributed by atoms with van der Waals surface area (Å²) < 4.78 is 3.39. The van der Waals surface area contributed by atoms with E-state index < -0.39 is 0 Å². The Kier molecular flexibility index (Phi) is 5.67. The summed E-state index contributed by atoms with van der Waals surface area (Å²) in [5.74, 6) is 0. The van der Waals surface area contributed by atoms with E-state index in [9.17, 15) is 0 Å². The fraction of sp³-hybridized carbons (Fsp3) is 0.0435. The molecule has 5 aromatic rings. The molecule has 0 amide bonds. The molecule has 3 aromatic carbocycles. The van der Waals surface area contributed by atoms with Crippen molar-refractivity contribution in [2.75, 3.05) is 0 Å². The lowest BCUT2D eigenvalue weighted by Gasteiger charge is -2.02. The zero-order valence-corrected chi connectivity index (χ0v) is 18.6. The Balaban J connectivity index is 1.29. The maximum atomic E-state index is 4.81. The predicted molar refractivity (Wildman–Crippen MR) is 126 cm³/mol. The monoisotopic (exact) mass is 448 g/mol. The minimum Gasteiger partial charge on any atom is -0.234 e. The number of rotatable bonds is 6. The number of hydrogen-bond acceptors (Lipinski definition) is 6. The second kappa shape index (κ2) is 8.71. The van der Waals surface area contributed by atoms with E-state index in [1.165, 1.54) is 20.1 Å². The van der Waals surface area contributed by atoms with Crippen molar-refractivity contribution in [2.45, 2.75) is 24.9 Å². The SMILES string of the molecule is c1ccc(Cc2csc(Sc3cccc(Sc4nc5ccccc5s4)c3)n2)cc1. The molecule has 0 spiro atoms. The average molecular weight is 449 g/mol. The lowest BCUT2D eigenvalue weighted by atomic mass is 10.1. The summed E-state index contributed by atoms with van der Waals surface area (Å²) in [4.78, 5) is 11.9. The maximum absolute atomic E-state index is 4.81. The van der Waals surface area contributed by atoms with Gasteiger partial charge in [0.1, 0.15) is 0 Å². The number of para-hydroxylation sites is 1. The van der Waals surface area contributed by atoms with Crippen LogP contribution in [0.15, 0.2) is 103 Å². The molecule has 0 radical (unpaired) electrons. The highest BCUT2D eigenvalue weighted by Crippen LogP contribution is 2.37. The van der Waals surface area contributed by atoms with Crippen LogP contribution in [-0.2, 0) is 6.42 Å². The summed E-state index contributed by atoms with van der Waals surface area (Å²) in [5.41, 5.74) is 3.49. The molecule has 6 heteroatoms. The molecular formula is C23H16N2S4. The van der Waals surface area contributed by atoms with Crippen LogP contribution >= 0.6 is 46.2 Å². The van der Waals surface area contributed by atoms with Crippen molar-refractivity contribution in [3.8, 4) is 0 Å². The van der Waals surface area contributed by atoms with Gasteiger partial charge in [-0.25, -0.2) is 9.97 Å². The van der Waals surface area contributed by atoms with Crippen LogP contribution in [0.1, 0.15) is 11.3 Å². The lowest BCUT2D eigenvalue weighted by molar-refractivity contribution is 1.06. The molecule has 5 rings (SSSR count).